The summed E-state index contributed by atoms with van der Waals surface area (Å²) in [5.74, 6) is 3.06. The lowest BCUT2D eigenvalue weighted by molar-refractivity contribution is 0.0702. The maximum absolute atomic E-state index is 13.5. The molecule has 0 N–H and O–H groups in total. The number of hydrogen-bond acceptors (Lipinski definition) is 4. The van der Waals surface area contributed by atoms with Gasteiger partial charge >= 0.3 is 0 Å². The van der Waals surface area contributed by atoms with Crippen LogP contribution >= 0.6 is 0 Å². The Morgan fingerprint density at radius 2 is 1.86 bits per heavy atom. The molecule has 5 nitrogen and oxygen atoms in total. The number of aryl methyl sites for hydroxylation is 1. The second-order valence-corrected chi connectivity index (χ2v) is 9.93. The third-order valence-electron chi connectivity index (χ3n) is 6.65. The molecule has 4 rings (SSSR count). The Morgan fingerprint density at radius 3 is 2.51 bits per heavy atom. The maximum Gasteiger partial charge on any atom is 0.253 e. The van der Waals surface area contributed by atoms with Crippen LogP contribution < -0.4 is 4.74 Å². The van der Waals surface area contributed by atoms with Gasteiger partial charge in [0.15, 0.2) is 0 Å². The number of rotatable bonds is 9. The van der Waals surface area contributed by atoms with Gasteiger partial charge in [-0.1, -0.05) is 32.0 Å². The predicted molar refractivity (Wildman–Crippen MR) is 135 cm³/mol. The average molecular weight is 479 g/mol. The van der Waals surface area contributed by atoms with Crippen molar-refractivity contribution in [3.63, 3.8) is 0 Å². The molecule has 2 atom stereocenters. The van der Waals surface area contributed by atoms with Gasteiger partial charge in [0.2, 0.25) is 0 Å². The number of para-hydroxylation sites is 1. The first-order chi connectivity index (χ1) is 16.8. The first-order valence-corrected chi connectivity index (χ1v) is 12.3. The van der Waals surface area contributed by atoms with Crippen molar-refractivity contribution in [2.75, 3.05) is 33.3 Å². The number of furan rings is 1. The van der Waals surface area contributed by atoms with Crippen LogP contribution in [0.5, 0.6) is 5.75 Å². The zero-order chi connectivity index (χ0) is 24.9. The van der Waals surface area contributed by atoms with Crippen LogP contribution in [-0.4, -0.2) is 49.0 Å². The highest BCUT2D eigenvalue weighted by Gasteiger charge is 2.37. The highest BCUT2D eigenvalue weighted by molar-refractivity contribution is 5.94. The molecule has 0 radical (unpaired) electrons. The second-order valence-electron chi connectivity index (χ2n) is 9.93. The fraction of sp³-hybridized carbons (Fsp3) is 0.414. The molecular weight excluding hydrogens is 443 g/mol. The van der Waals surface area contributed by atoms with Crippen molar-refractivity contribution in [2.24, 2.45) is 11.8 Å². The molecule has 1 aliphatic heterocycles. The summed E-state index contributed by atoms with van der Waals surface area (Å²) < 4.78 is 25.0. The third-order valence-corrected chi connectivity index (χ3v) is 6.65. The number of carbonyl (C=O) groups excluding carboxylic acids is 1. The Bertz CT molecular complexity index is 1120. The van der Waals surface area contributed by atoms with Gasteiger partial charge in [0.05, 0.1) is 13.7 Å². The van der Waals surface area contributed by atoms with Gasteiger partial charge in [-0.25, -0.2) is 4.39 Å². The molecule has 1 amide bonds. The number of carbonyl (C=O) groups is 1. The van der Waals surface area contributed by atoms with Crippen LogP contribution in [-0.2, 0) is 6.54 Å². The van der Waals surface area contributed by atoms with Crippen molar-refractivity contribution in [3.05, 3.63) is 89.1 Å². The Kier molecular flexibility index (Phi) is 7.91. The summed E-state index contributed by atoms with van der Waals surface area (Å²) in [5, 5.41) is 0. The standard InChI is InChI=1S/C29H35FN2O3/c1-20(2)15-32(29(33)22-10-12-24(30)13-11-22)17-23-16-31(18-25-14-9-21(3)35-25)19-27(23)26-7-5-6-8-28(26)34-4/h5-14,20,23,27H,15-19H2,1-4H3/t23-,27-/m0/s1. The van der Waals surface area contributed by atoms with Crippen LogP contribution in [0.3, 0.4) is 0 Å². The van der Waals surface area contributed by atoms with Crippen molar-refractivity contribution < 1.29 is 18.3 Å². The van der Waals surface area contributed by atoms with Crippen molar-refractivity contribution in [1.29, 1.82) is 0 Å². The van der Waals surface area contributed by atoms with E-state index in [1.165, 1.54) is 12.1 Å². The van der Waals surface area contributed by atoms with Gasteiger partial charge in [0, 0.05) is 37.7 Å². The summed E-state index contributed by atoms with van der Waals surface area (Å²) in [6, 6.07) is 18.0. The topological polar surface area (TPSA) is 45.9 Å². The van der Waals surface area contributed by atoms with Crippen molar-refractivity contribution in [2.45, 2.75) is 33.2 Å². The summed E-state index contributed by atoms with van der Waals surface area (Å²) >= 11 is 0. The fourth-order valence-corrected chi connectivity index (χ4v) is 5.13. The first kappa shape index (κ1) is 25.0. The number of methoxy groups -OCH3 is 1. The van der Waals surface area contributed by atoms with Gasteiger partial charge in [0.25, 0.3) is 5.91 Å². The Morgan fingerprint density at radius 1 is 1.11 bits per heavy atom. The second kappa shape index (κ2) is 11.1. The molecule has 186 valence electrons. The minimum Gasteiger partial charge on any atom is -0.496 e. The van der Waals surface area contributed by atoms with E-state index in [0.717, 1.165) is 42.5 Å². The van der Waals surface area contributed by atoms with Gasteiger partial charge in [-0.15, -0.1) is 0 Å². The smallest absolute Gasteiger partial charge is 0.253 e. The molecule has 0 aliphatic carbocycles. The summed E-state index contributed by atoms with van der Waals surface area (Å²) in [4.78, 5) is 17.8. The van der Waals surface area contributed by atoms with E-state index in [-0.39, 0.29) is 23.6 Å². The number of ether oxygens (including phenoxy) is 1. The van der Waals surface area contributed by atoms with E-state index in [2.05, 4.69) is 24.8 Å². The lowest BCUT2D eigenvalue weighted by Gasteiger charge is -2.30. The lowest BCUT2D eigenvalue weighted by Crippen LogP contribution is -2.39. The van der Waals surface area contributed by atoms with Crippen LogP contribution in [0.15, 0.2) is 65.1 Å². The van der Waals surface area contributed by atoms with Crippen LogP contribution in [0.4, 0.5) is 4.39 Å². The number of hydrogen-bond donors (Lipinski definition) is 0. The SMILES string of the molecule is COc1ccccc1[C@H]1CN(Cc2ccc(C)o2)C[C@H]1CN(CC(C)C)C(=O)c1ccc(F)cc1. The first-order valence-electron chi connectivity index (χ1n) is 12.3. The molecule has 0 saturated carbocycles. The summed E-state index contributed by atoms with van der Waals surface area (Å²) in [5.41, 5.74) is 1.68. The van der Waals surface area contributed by atoms with Crippen LogP contribution in [0.2, 0.25) is 0 Å². The van der Waals surface area contributed by atoms with Crippen LogP contribution in [0.25, 0.3) is 0 Å². The Balaban J connectivity index is 1.61. The molecule has 2 aromatic carbocycles. The number of benzene rings is 2. The van der Waals surface area contributed by atoms with E-state index in [1.807, 2.05) is 42.2 Å². The monoisotopic (exact) mass is 478 g/mol. The minimum absolute atomic E-state index is 0.0578. The number of nitrogens with zero attached hydrogens (tertiary/aromatic N) is 2. The number of amides is 1. The molecular formula is C29H35FN2O3. The van der Waals surface area contributed by atoms with Crippen LogP contribution in [0.1, 0.15) is 47.2 Å². The van der Waals surface area contributed by atoms with E-state index >= 15 is 0 Å². The van der Waals surface area contributed by atoms with E-state index in [9.17, 15) is 9.18 Å². The molecule has 1 aliphatic rings. The molecule has 6 heteroatoms. The molecule has 3 aromatic rings. The van der Waals surface area contributed by atoms with Gasteiger partial charge in [-0.2, -0.15) is 0 Å². The van der Waals surface area contributed by atoms with E-state index in [4.69, 9.17) is 9.15 Å². The van der Waals surface area contributed by atoms with Crippen molar-refractivity contribution in [1.82, 2.24) is 9.80 Å². The van der Waals surface area contributed by atoms with Gasteiger partial charge < -0.3 is 14.1 Å². The number of likely N-dealkylation sites (tertiary alicyclic amines) is 1. The molecule has 0 spiro atoms. The minimum atomic E-state index is -0.340. The highest BCUT2D eigenvalue weighted by Crippen LogP contribution is 2.38. The van der Waals surface area contributed by atoms with E-state index in [0.29, 0.717) is 24.6 Å². The van der Waals surface area contributed by atoms with Gasteiger partial charge in [0.1, 0.15) is 23.1 Å². The molecule has 0 unspecified atom stereocenters. The van der Waals surface area contributed by atoms with E-state index in [1.54, 1.807) is 19.2 Å². The van der Waals surface area contributed by atoms with Crippen LogP contribution in [0, 0.1) is 24.6 Å². The zero-order valence-corrected chi connectivity index (χ0v) is 21.0. The third kappa shape index (κ3) is 6.12. The molecule has 0 bridgehead atoms. The van der Waals surface area contributed by atoms with Crippen molar-refractivity contribution >= 4 is 5.91 Å². The number of halogens is 1. The zero-order valence-electron chi connectivity index (χ0n) is 21.0. The molecule has 1 fully saturated rings. The van der Waals surface area contributed by atoms with E-state index < -0.39 is 0 Å². The molecule has 2 heterocycles. The quantitative estimate of drug-likeness (QED) is 0.393. The largest absolute Gasteiger partial charge is 0.496 e. The van der Waals surface area contributed by atoms with Gasteiger partial charge in [-0.3, -0.25) is 9.69 Å². The molecule has 1 saturated heterocycles. The lowest BCUT2D eigenvalue weighted by atomic mass is 9.87. The van der Waals surface area contributed by atoms with Crippen molar-refractivity contribution in [3.8, 4) is 5.75 Å². The highest BCUT2D eigenvalue weighted by atomic mass is 19.1. The summed E-state index contributed by atoms with van der Waals surface area (Å²) in [6.07, 6.45) is 0. The normalized spacial score (nSPS) is 18.2. The Labute approximate surface area is 207 Å². The summed E-state index contributed by atoms with van der Waals surface area (Å²) in [7, 11) is 1.70. The molecule has 35 heavy (non-hydrogen) atoms. The fourth-order valence-electron chi connectivity index (χ4n) is 5.13. The Hall–Kier alpha value is -3.12. The average Bonchev–Trinajstić information content (AvgIpc) is 3.43. The summed E-state index contributed by atoms with van der Waals surface area (Å²) in [6.45, 7) is 9.86. The molecule has 1 aromatic heterocycles. The van der Waals surface area contributed by atoms with Gasteiger partial charge in [-0.05, 0) is 66.8 Å². The maximum atomic E-state index is 13.5. The predicted octanol–water partition coefficient (Wildman–Crippen LogP) is 5.75.